The molecule has 1 fully saturated rings. The van der Waals surface area contributed by atoms with Crippen molar-refractivity contribution < 1.29 is 0 Å². The quantitative estimate of drug-likeness (QED) is 0.621. The van der Waals surface area contributed by atoms with E-state index in [2.05, 4.69) is 24.1 Å². The summed E-state index contributed by atoms with van der Waals surface area (Å²) in [4.78, 5) is 2.66. The molecule has 1 aliphatic rings. The summed E-state index contributed by atoms with van der Waals surface area (Å²) in [5, 5.41) is 3.59. The Kier molecular flexibility index (Phi) is 8.72. The van der Waals surface area contributed by atoms with Crippen molar-refractivity contribution in [3.8, 4) is 0 Å². The zero-order chi connectivity index (χ0) is 12.3. The molecule has 0 spiro atoms. The first-order valence-corrected chi connectivity index (χ1v) is 7.82. The zero-order valence-corrected chi connectivity index (χ0v) is 12.0. The molecule has 0 aromatic heterocycles. The standard InChI is InChI=1S/C15H32N2/c1-3-5-6-7-8-9-12-17-13-10-11-15(14-17)16-4-2/h15-16H,3-14H2,1-2H3. The van der Waals surface area contributed by atoms with E-state index in [9.17, 15) is 0 Å². The molecule has 0 bridgehead atoms. The van der Waals surface area contributed by atoms with Crippen LogP contribution in [0.3, 0.4) is 0 Å². The summed E-state index contributed by atoms with van der Waals surface area (Å²) in [5.41, 5.74) is 0. The molecule has 102 valence electrons. The maximum atomic E-state index is 3.59. The molecule has 17 heavy (non-hydrogen) atoms. The summed E-state index contributed by atoms with van der Waals surface area (Å²) in [7, 11) is 0. The number of nitrogens with one attached hydrogen (secondary N) is 1. The van der Waals surface area contributed by atoms with Crippen LogP contribution in [-0.4, -0.2) is 37.1 Å². The second kappa shape index (κ2) is 9.90. The number of rotatable bonds is 9. The molecular formula is C15H32N2. The molecular weight excluding hydrogens is 208 g/mol. The van der Waals surface area contributed by atoms with Crippen molar-refractivity contribution in [2.75, 3.05) is 26.2 Å². The van der Waals surface area contributed by atoms with Crippen LogP contribution in [0.4, 0.5) is 0 Å². The molecule has 1 heterocycles. The molecule has 0 aromatic carbocycles. The number of hydrogen-bond donors (Lipinski definition) is 1. The second-order valence-electron chi connectivity index (χ2n) is 5.47. The molecule has 2 nitrogen and oxygen atoms in total. The van der Waals surface area contributed by atoms with E-state index in [0.717, 1.165) is 12.6 Å². The van der Waals surface area contributed by atoms with Gasteiger partial charge in [-0.2, -0.15) is 0 Å². The van der Waals surface area contributed by atoms with Gasteiger partial charge in [-0.05, 0) is 38.9 Å². The van der Waals surface area contributed by atoms with Crippen LogP contribution in [0.2, 0.25) is 0 Å². The first-order valence-electron chi connectivity index (χ1n) is 7.82. The van der Waals surface area contributed by atoms with Gasteiger partial charge in [-0.15, -0.1) is 0 Å². The molecule has 1 atom stereocenters. The Bertz CT molecular complexity index is 168. The van der Waals surface area contributed by atoms with Crippen molar-refractivity contribution in [3.63, 3.8) is 0 Å². The molecule has 1 unspecified atom stereocenters. The van der Waals surface area contributed by atoms with Crippen molar-refractivity contribution in [2.45, 2.75) is 71.3 Å². The van der Waals surface area contributed by atoms with E-state index in [0.29, 0.717) is 0 Å². The number of hydrogen-bond acceptors (Lipinski definition) is 2. The maximum Gasteiger partial charge on any atom is 0.0195 e. The van der Waals surface area contributed by atoms with Crippen LogP contribution in [0, 0.1) is 0 Å². The second-order valence-corrected chi connectivity index (χ2v) is 5.47. The highest BCUT2D eigenvalue weighted by Gasteiger charge is 2.17. The fourth-order valence-corrected chi connectivity index (χ4v) is 2.83. The fourth-order valence-electron chi connectivity index (χ4n) is 2.83. The Morgan fingerprint density at radius 1 is 1.06 bits per heavy atom. The minimum absolute atomic E-state index is 0.758. The van der Waals surface area contributed by atoms with Crippen LogP contribution in [0.15, 0.2) is 0 Å². The van der Waals surface area contributed by atoms with Gasteiger partial charge in [-0.1, -0.05) is 46.0 Å². The van der Waals surface area contributed by atoms with Crippen LogP contribution >= 0.6 is 0 Å². The average Bonchev–Trinajstić information content (AvgIpc) is 2.35. The lowest BCUT2D eigenvalue weighted by atomic mass is 10.0. The number of nitrogens with zero attached hydrogens (tertiary/aromatic N) is 1. The van der Waals surface area contributed by atoms with Gasteiger partial charge in [0.05, 0.1) is 0 Å². The van der Waals surface area contributed by atoms with Gasteiger partial charge in [0.2, 0.25) is 0 Å². The smallest absolute Gasteiger partial charge is 0.0195 e. The summed E-state index contributed by atoms with van der Waals surface area (Å²) in [6, 6.07) is 0.758. The van der Waals surface area contributed by atoms with E-state index in [-0.39, 0.29) is 0 Å². The van der Waals surface area contributed by atoms with Crippen molar-refractivity contribution in [3.05, 3.63) is 0 Å². The van der Waals surface area contributed by atoms with Crippen LogP contribution in [-0.2, 0) is 0 Å². The lowest BCUT2D eigenvalue weighted by Crippen LogP contribution is -2.45. The number of likely N-dealkylation sites (tertiary alicyclic amines) is 1. The highest BCUT2D eigenvalue weighted by atomic mass is 15.2. The Hall–Kier alpha value is -0.0800. The van der Waals surface area contributed by atoms with E-state index in [1.54, 1.807) is 0 Å². The van der Waals surface area contributed by atoms with Gasteiger partial charge in [-0.25, -0.2) is 0 Å². The molecule has 0 amide bonds. The molecule has 0 aromatic rings. The van der Waals surface area contributed by atoms with E-state index >= 15 is 0 Å². The molecule has 1 saturated heterocycles. The van der Waals surface area contributed by atoms with Gasteiger partial charge in [0.25, 0.3) is 0 Å². The van der Waals surface area contributed by atoms with Crippen molar-refractivity contribution in [1.82, 2.24) is 10.2 Å². The van der Waals surface area contributed by atoms with Gasteiger partial charge in [0.15, 0.2) is 0 Å². The minimum atomic E-state index is 0.758. The van der Waals surface area contributed by atoms with Crippen LogP contribution in [0.1, 0.15) is 65.2 Å². The summed E-state index contributed by atoms with van der Waals surface area (Å²) >= 11 is 0. The topological polar surface area (TPSA) is 15.3 Å². The monoisotopic (exact) mass is 240 g/mol. The van der Waals surface area contributed by atoms with Crippen LogP contribution in [0.5, 0.6) is 0 Å². The van der Waals surface area contributed by atoms with Gasteiger partial charge in [0.1, 0.15) is 0 Å². The predicted octanol–water partition coefficient (Wildman–Crippen LogP) is 3.42. The van der Waals surface area contributed by atoms with E-state index in [1.807, 2.05) is 0 Å². The van der Waals surface area contributed by atoms with Crippen molar-refractivity contribution in [2.24, 2.45) is 0 Å². The maximum absolute atomic E-state index is 3.59. The summed E-state index contributed by atoms with van der Waals surface area (Å²) in [6.07, 6.45) is 11.3. The third kappa shape index (κ3) is 7.05. The highest BCUT2D eigenvalue weighted by Crippen LogP contribution is 2.12. The third-order valence-electron chi connectivity index (χ3n) is 3.83. The van der Waals surface area contributed by atoms with Crippen LogP contribution < -0.4 is 5.32 Å². The van der Waals surface area contributed by atoms with Crippen molar-refractivity contribution in [1.29, 1.82) is 0 Å². The lowest BCUT2D eigenvalue weighted by Gasteiger charge is -2.33. The van der Waals surface area contributed by atoms with Gasteiger partial charge in [0, 0.05) is 12.6 Å². The number of likely N-dealkylation sites (N-methyl/N-ethyl adjacent to an activating group) is 1. The fraction of sp³-hybridized carbons (Fsp3) is 1.00. The third-order valence-corrected chi connectivity index (χ3v) is 3.83. The molecule has 0 aliphatic carbocycles. The molecule has 0 saturated carbocycles. The lowest BCUT2D eigenvalue weighted by molar-refractivity contribution is 0.188. The Morgan fingerprint density at radius 2 is 1.82 bits per heavy atom. The Morgan fingerprint density at radius 3 is 2.59 bits per heavy atom. The molecule has 1 aliphatic heterocycles. The van der Waals surface area contributed by atoms with E-state index < -0.39 is 0 Å². The summed E-state index contributed by atoms with van der Waals surface area (Å²) < 4.78 is 0. The van der Waals surface area contributed by atoms with Gasteiger partial charge < -0.3 is 10.2 Å². The summed E-state index contributed by atoms with van der Waals surface area (Å²) in [6.45, 7) is 9.56. The summed E-state index contributed by atoms with van der Waals surface area (Å²) in [5.74, 6) is 0. The minimum Gasteiger partial charge on any atom is -0.313 e. The van der Waals surface area contributed by atoms with Crippen LogP contribution in [0.25, 0.3) is 0 Å². The molecule has 1 rings (SSSR count). The predicted molar refractivity (Wildman–Crippen MR) is 76.5 cm³/mol. The first kappa shape index (κ1) is 15.0. The Balaban J connectivity index is 1.98. The Labute approximate surface area is 108 Å². The SMILES string of the molecule is CCCCCCCCN1CCCC(NCC)C1. The van der Waals surface area contributed by atoms with E-state index in [1.165, 1.54) is 71.0 Å². The van der Waals surface area contributed by atoms with Gasteiger partial charge >= 0.3 is 0 Å². The van der Waals surface area contributed by atoms with Crippen molar-refractivity contribution >= 4 is 0 Å². The zero-order valence-electron chi connectivity index (χ0n) is 12.0. The highest BCUT2D eigenvalue weighted by molar-refractivity contribution is 4.77. The first-order chi connectivity index (χ1) is 8.36. The molecule has 2 heteroatoms. The van der Waals surface area contributed by atoms with E-state index in [4.69, 9.17) is 0 Å². The molecule has 1 N–H and O–H groups in total. The van der Waals surface area contributed by atoms with Gasteiger partial charge in [-0.3, -0.25) is 0 Å². The average molecular weight is 240 g/mol. The largest absolute Gasteiger partial charge is 0.313 e. The molecule has 0 radical (unpaired) electrons. The number of piperidine rings is 1. The normalized spacial score (nSPS) is 21.9. The number of unbranched alkanes of at least 4 members (excludes halogenated alkanes) is 5.